The van der Waals surface area contributed by atoms with Crippen LogP contribution in [-0.4, -0.2) is 39.5 Å². The van der Waals surface area contributed by atoms with E-state index in [0.717, 1.165) is 4.90 Å². The monoisotopic (exact) mass is 379 g/mol. The maximum Gasteiger partial charge on any atom is 0.255 e. The first kappa shape index (κ1) is 18.4. The number of aromatic nitrogens is 2. The maximum absolute atomic E-state index is 12.7. The van der Waals surface area contributed by atoms with Crippen molar-refractivity contribution in [3.63, 3.8) is 0 Å². The molecule has 1 amide bonds. The number of benzene rings is 1. The number of nitrogens with zero attached hydrogens (tertiary/aromatic N) is 3. The number of ketones is 1. The average molecular weight is 380 g/mol. The minimum Gasteiger partial charge on any atom is -0.329 e. The molecule has 0 spiro atoms. The number of Topliss-reactive ketones (excluding diaryl/α,β-unsaturated/α-hetero) is 1. The molecule has 0 aliphatic carbocycles. The topological polar surface area (TPSA) is 63.2 Å². The lowest BCUT2D eigenvalue weighted by Crippen LogP contribution is -2.29. The Bertz CT molecular complexity index is 874. The molecule has 0 bridgehead atoms. The molecule has 1 aliphatic rings. The molecule has 1 aliphatic heterocycles. The Morgan fingerprint density at radius 2 is 2.15 bits per heavy atom. The van der Waals surface area contributed by atoms with Crippen molar-refractivity contribution in [2.75, 3.05) is 6.54 Å². The minimum absolute atomic E-state index is 0.00545. The van der Waals surface area contributed by atoms with Gasteiger partial charge in [0.15, 0.2) is 5.78 Å². The molecular formula is C18H16ClF2N3O2. The number of fused-ring (bicyclic) bond motifs is 1. The van der Waals surface area contributed by atoms with Gasteiger partial charge in [-0.3, -0.25) is 9.59 Å². The van der Waals surface area contributed by atoms with Crippen LogP contribution < -0.4 is 0 Å². The fourth-order valence-corrected chi connectivity index (χ4v) is 3.24. The summed E-state index contributed by atoms with van der Waals surface area (Å²) in [6, 6.07) is 5.24. The van der Waals surface area contributed by atoms with Crippen LogP contribution in [0, 0.1) is 0 Å². The molecule has 0 saturated heterocycles. The summed E-state index contributed by atoms with van der Waals surface area (Å²) >= 11 is 5.87. The molecule has 2 aromatic rings. The van der Waals surface area contributed by atoms with Crippen molar-refractivity contribution in [3.05, 3.63) is 57.6 Å². The zero-order valence-electron chi connectivity index (χ0n) is 14.0. The van der Waals surface area contributed by atoms with Crippen LogP contribution in [0.15, 0.2) is 24.4 Å². The first-order valence-corrected chi connectivity index (χ1v) is 8.51. The number of hydrogen-bond acceptors (Lipinski definition) is 4. The van der Waals surface area contributed by atoms with Crippen molar-refractivity contribution in [1.29, 1.82) is 0 Å². The van der Waals surface area contributed by atoms with Gasteiger partial charge in [-0.25, -0.2) is 18.7 Å². The van der Waals surface area contributed by atoms with Gasteiger partial charge in [-0.15, -0.1) is 0 Å². The van der Waals surface area contributed by atoms with E-state index in [2.05, 4.69) is 9.97 Å². The fraction of sp³-hybridized carbons (Fsp3) is 0.333. The largest absolute Gasteiger partial charge is 0.329 e. The van der Waals surface area contributed by atoms with Crippen LogP contribution in [0.1, 0.15) is 50.9 Å². The highest BCUT2D eigenvalue weighted by Crippen LogP contribution is 2.28. The van der Waals surface area contributed by atoms with E-state index in [0.29, 0.717) is 27.9 Å². The first-order valence-electron chi connectivity index (χ1n) is 8.13. The molecule has 5 nitrogen and oxygen atoms in total. The van der Waals surface area contributed by atoms with Gasteiger partial charge < -0.3 is 4.90 Å². The van der Waals surface area contributed by atoms with Gasteiger partial charge >= 0.3 is 0 Å². The molecule has 0 N–H and O–H groups in total. The summed E-state index contributed by atoms with van der Waals surface area (Å²) in [5, 5.41) is 0.00545. The highest BCUT2D eigenvalue weighted by atomic mass is 35.5. The van der Waals surface area contributed by atoms with Crippen molar-refractivity contribution in [3.8, 4) is 0 Å². The maximum atomic E-state index is 12.7. The number of halogens is 3. The van der Waals surface area contributed by atoms with Gasteiger partial charge in [0.05, 0.1) is 17.8 Å². The lowest BCUT2D eigenvalue weighted by atomic mass is 9.96. The van der Waals surface area contributed by atoms with E-state index in [1.54, 1.807) is 25.1 Å². The van der Waals surface area contributed by atoms with Crippen LogP contribution in [0.25, 0.3) is 0 Å². The van der Waals surface area contributed by atoms with E-state index in [1.165, 1.54) is 6.20 Å². The summed E-state index contributed by atoms with van der Waals surface area (Å²) in [6.07, 6.45) is -0.733. The summed E-state index contributed by atoms with van der Waals surface area (Å²) < 4.78 is 25.4. The Hall–Kier alpha value is -2.41. The highest BCUT2D eigenvalue weighted by molar-refractivity contribution is 6.28. The second kappa shape index (κ2) is 7.45. The summed E-state index contributed by atoms with van der Waals surface area (Å²) in [4.78, 5) is 33.8. The fourth-order valence-electron chi connectivity index (χ4n) is 3.09. The van der Waals surface area contributed by atoms with Gasteiger partial charge in [-0.1, -0.05) is 25.1 Å². The van der Waals surface area contributed by atoms with Gasteiger partial charge in [0, 0.05) is 31.1 Å². The van der Waals surface area contributed by atoms with Crippen LogP contribution in [0.4, 0.5) is 8.78 Å². The third-order valence-corrected chi connectivity index (χ3v) is 4.46. The third kappa shape index (κ3) is 3.58. The van der Waals surface area contributed by atoms with E-state index >= 15 is 0 Å². The van der Waals surface area contributed by atoms with Crippen molar-refractivity contribution in [2.45, 2.75) is 32.7 Å². The lowest BCUT2D eigenvalue weighted by Gasteiger charge is -2.14. The normalized spacial score (nSPS) is 13.4. The molecule has 26 heavy (non-hydrogen) atoms. The SMILES string of the molecule is CCC(=O)c1cnc(Cl)nc1Cc1cccc2c1C(=O)N(CC(F)F)C2. The molecule has 0 atom stereocenters. The van der Waals surface area contributed by atoms with Crippen LogP contribution in [0.3, 0.4) is 0 Å². The van der Waals surface area contributed by atoms with E-state index in [-0.39, 0.29) is 30.5 Å². The van der Waals surface area contributed by atoms with Gasteiger partial charge in [-0.05, 0) is 22.7 Å². The molecule has 8 heteroatoms. The Labute approximate surface area is 154 Å². The van der Waals surface area contributed by atoms with E-state index in [1.807, 2.05) is 0 Å². The van der Waals surface area contributed by atoms with Crippen LogP contribution in [0.2, 0.25) is 5.28 Å². The third-order valence-electron chi connectivity index (χ3n) is 4.28. The number of alkyl halides is 2. The molecule has 136 valence electrons. The van der Waals surface area contributed by atoms with Gasteiger partial charge in [0.2, 0.25) is 5.28 Å². The average Bonchev–Trinajstić information content (AvgIpc) is 2.90. The number of hydrogen-bond donors (Lipinski definition) is 0. The smallest absolute Gasteiger partial charge is 0.255 e. The standard InChI is InChI=1S/C18H16ClF2N3O2/c1-2-14(25)12-7-22-18(19)23-13(12)6-10-4-3-5-11-8-24(9-15(20)21)17(26)16(10)11/h3-5,7,15H,2,6,8-9H2,1H3. The molecule has 1 aromatic heterocycles. The predicted molar refractivity (Wildman–Crippen MR) is 91.7 cm³/mol. The van der Waals surface area contributed by atoms with Gasteiger partial charge in [0.25, 0.3) is 12.3 Å². The van der Waals surface area contributed by atoms with Crippen molar-refractivity contribution in [2.24, 2.45) is 0 Å². The molecule has 1 aromatic carbocycles. The summed E-state index contributed by atoms with van der Waals surface area (Å²) in [6.45, 7) is 1.27. The number of rotatable bonds is 6. The molecule has 0 saturated carbocycles. The zero-order valence-corrected chi connectivity index (χ0v) is 14.8. The Kier molecular flexibility index (Phi) is 5.27. The number of carbonyl (C=O) groups excluding carboxylic acids is 2. The molecule has 0 fully saturated rings. The van der Waals surface area contributed by atoms with E-state index in [9.17, 15) is 18.4 Å². The highest BCUT2D eigenvalue weighted by Gasteiger charge is 2.31. The van der Waals surface area contributed by atoms with Gasteiger partial charge in [-0.2, -0.15) is 0 Å². The molecule has 3 rings (SSSR count). The van der Waals surface area contributed by atoms with Crippen LogP contribution in [-0.2, 0) is 13.0 Å². The second-order valence-corrected chi connectivity index (χ2v) is 6.32. The van der Waals surface area contributed by atoms with Crippen molar-refractivity contribution in [1.82, 2.24) is 14.9 Å². The Balaban J connectivity index is 1.98. The van der Waals surface area contributed by atoms with Crippen molar-refractivity contribution < 1.29 is 18.4 Å². The zero-order chi connectivity index (χ0) is 18.8. The molecule has 2 heterocycles. The number of amides is 1. The predicted octanol–water partition coefficient (Wildman–Crippen LogP) is 3.53. The lowest BCUT2D eigenvalue weighted by molar-refractivity contribution is 0.0577. The van der Waals surface area contributed by atoms with Crippen molar-refractivity contribution >= 4 is 23.3 Å². The summed E-state index contributed by atoms with van der Waals surface area (Å²) in [5.41, 5.74) is 2.49. The molecule has 0 unspecified atom stereocenters. The first-order chi connectivity index (χ1) is 12.4. The number of carbonyl (C=O) groups is 2. The Morgan fingerprint density at radius 3 is 2.85 bits per heavy atom. The summed E-state index contributed by atoms with van der Waals surface area (Å²) in [5.74, 6) is -0.561. The molecular weight excluding hydrogens is 364 g/mol. The Morgan fingerprint density at radius 1 is 1.38 bits per heavy atom. The minimum atomic E-state index is -2.59. The quantitative estimate of drug-likeness (QED) is 0.569. The van der Waals surface area contributed by atoms with E-state index < -0.39 is 18.9 Å². The van der Waals surface area contributed by atoms with Gasteiger partial charge in [0.1, 0.15) is 0 Å². The second-order valence-electron chi connectivity index (χ2n) is 5.98. The van der Waals surface area contributed by atoms with E-state index in [4.69, 9.17) is 11.6 Å². The summed E-state index contributed by atoms with van der Waals surface area (Å²) in [7, 11) is 0. The molecule has 0 radical (unpaired) electrons. The van der Waals surface area contributed by atoms with Crippen LogP contribution >= 0.6 is 11.6 Å². The van der Waals surface area contributed by atoms with Crippen LogP contribution in [0.5, 0.6) is 0 Å².